The van der Waals surface area contributed by atoms with E-state index in [-0.39, 0.29) is 0 Å². The first-order valence-corrected chi connectivity index (χ1v) is 22.9. The molecule has 0 atom stereocenters. The largest absolute Gasteiger partial charge is 0.456 e. The topological polar surface area (TPSA) is 21.3 Å². The number of hydrogen-bond donors (Lipinski definition) is 0. The van der Waals surface area contributed by atoms with Crippen LogP contribution in [0, 0.1) is 0 Å². The molecule has 0 bridgehead atoms. The van der Waals surface area contributed by atoms with Gasteiger partial charge in [-0.1, -0.05) is 182 Å². The van der Waals surface area contributed by atoms with Gasteiger partial charge >= 0.3 is 0 Å². The zero-order valence-corrected chi connectivity index (χ0v) is 36.6. The summed E-state index contributed by atoms with van der Waals surface area (Å²) < 4.78 is 8.49. The van der Waals surface area contributed by atoms with Gasteiger partial charge in [-0.25, -0.2) is 0 Å². The number of anilines is 3. The Morgan fingerprint density at radius 1 is 0.284 bits per heavy atom. The lowest BCUT2D eigenvalue weighted by Crippen LogP contribution is -2.10. The molecule has 11 aromatic carbocycles. The highest BCUT2D eigenvalue weighted by atomic mass is 16.3. The molecular formula is C64H42N2O. The Labute approximate surface area is 388 Å². The van der Waals surface area contributed by atoms with Crippen molar-refractivity contribution in [3.63, 3.8) is 0 Å². The Hall–Kier alpha value is -8.92. The van der Waals surface area contributed by atoms with Gasteiger partial charge < -0.3 is 13.9 Å². The van der Waals surface area contributed by atoms with Crippen LogP contribution in [0.1, 0.15) is 0 Å². The fourth-order valence-electron chi connectivity index (χ4n) is 10.1. The minimum Gasteiger partial charge on any atom is -0.456 e. The number of furan rings is 1. The number of fused-ring (bicyclic) bond motifs is 7. The molecule has 0 fully saturated rings. The first kappa shape index (κ1) is 38.5. The van der Waals surface area contributed by atoms with E-state index in [1.165, 1.54) is 71.5 Å². The molecule has 0 aliphatic rings. The molecule has 314 valence electrons. The van der Waals surface area contributed by atoms with Crippen molar-refractivity contribution in [1.82, 2.24) is 4.57 Å². The maximum absolute atomic E-state index is 6.10. The number of benzene rings is 11. The highest BCUT2D eigenvalue weighted by Gasteiger charge is 2.17. The maximum Gasteiger partial charge on any atom is 0.135 e. The van der Waals surface area contributed by atoms with Gasteiger partial charge in [-0.05, 0) is 128 Å². The molecule has 13 aromatic rings. The summed E-state index contributed by atoms with van der Waals surface area (Å²) >= 11 is 0. The molecule has 0 amide bonds. The second kappa shape index (κ2) is 16.0. The van der Waals surface area contributed by atoms with E-state index in [1.807, 2.05) is 12.1 Å². The average Bonchev–Trinajstić information content (AvgIpc) is 3.95. The smallest absolute Gasteiger partial charge is 0.135 e. The third kappa shape index (κ3) is 6.76. The molecule has 2 heterocycles. The van der Waals surface area contributed by atoms with E-state index in [1.54, 1.807) is 0 Å². The Balaban J connectivity index is 0.854. The van der Waals surface area contributed by atoms with Gasteiger partial charge in [0, 0.05) is 44.3 Å². The first-order chi connectivity index (χ1) is 33.2. The zero-order chi connectivity index (χ0) is 44.3. The third-order valence-electron chi connectivity index (χ3n) is 13.4. The standard InChI is InChI=1S/C64H42N2O/c1-2-15-55-48(11-1)12-9-19-56(55)49-29-27-44(28-30-49)46-33-38-52(39-34-46)65(53-13-10-14-54(42-53)66-61-20-6-3-16-57(61)58-17-4-7-21-62(58)66)51-36-31-45(32-37-51)43-23-25-47(26-24-43)50-35-40-64-60(41-50)59-18-5-8-22-63(59)67-64/h1-42H. The van der Waals surface area contributed by atoms with E-state index in [2.05, 4.69) is 252 Å². The van der Waals surface area contributed by atoms with Crippen LogP contribution in [0.4, 0.5) is 17.1 Å². The molecule has 3 heteroatoms. The summed E-state index contributed by atoms with van der Waals surface area (Å²) in [4.78, 5) is 2.37. The summed E-state index contributed by atoms with van der Waals surface area (Å²) in [6.45, 7) is 0. The normalized spacial score (nSPS) is 11.6. The number of para-hydroxylation sites is 3. The van der Waals surface area contributed by atoms with Crippen molar-refractivity contribution in [3.8, 4) is 50.2 Å². The maximum atomic E-state index is 6.10. The number of rotatable bonds is 8. The number of hydrogen-bond acceptors (Lipinski definition) is 2. The van der Waals surface area contributed by atoms with Gasteiger partial charge in [-0.2, -0.15) is 0 Å². The lowest BCUT2D eigenvalue weighted by atomic mass is 9.96. The fraction of sp³-hybridized carbons (Fsp3) is 0. The van der Waals surface area contributed by atoms with E-state index in [9.17, 15) is 0 Å². The van der Waals surface area contributed by atoms with Crippen LogP contribution in [0.15, 0.2) is 259 Å². The summed E-state index contributed by atoms with van der Waals surface area (Å²) in [6.07, 6.45) is 0. The van der Waals surface area contributed by atoms with Crippen LogP contribution >= 0.6 is 0 Å². The predicted octanol–water partition coefficient (Wildman–Crippen LogP) is 18.0. The van der Waals surface area contributed by atoms with Gasteiger partial charge in [-0.3, -0.25) is 0 Å². The second-order valence-corrected chi connectivity index (χ2v) is 17.3. The fourth-order valence-corrected chi connectivity index (χ4v) is 10.1. The van der Waals surface area contributed by atoms with Crippen molar-refractivity contribution in [2.75, 3.05) is 4.90 Å². The molecule has 0 saturated heterocycles. The summed E-state index contributed by atoms with van der Waals surface area (Å²) in [6, 6.07) is 92.0. The molecule has 0 radical (unpaired) electrons. The Morgan fingerprint density at radius 3 is 1.39 bits per heavy atom. The van der Waals surface area contributed by atoms with Gasteiger partial charge in [0.25, 0.3) is 0 Å². The molecule has 13 rings (SSSR count). The van der Waals surface area contributed by atoms with Crippen LogP contribution in [-0.2, 0) is 0 Å². The summed E-state index contributed by atoms with van der Waals surface area (Å²) in [5, 5.41) is 7.29. The molecule has 2 aromatic heterocycles. The van der Waals surface area contributed by atoms with Gasteiger partial charge in [0.1, 0.15) is 11.2 Å². The summed E-state index contributed by atoms with van der Waals surface area (Å²) in [5.41, 5.74) is 18.0. The highest BCUT2D eigenvalue weighted by Crippen LogP contribution is 2.40. The monoisotopic (exact) mass is 854 g/mol. The van der Waals surface area contributed by atoms with Crippen LogP contribution in [0.5, 0.6) is 0 Å². The van der Waals surface area contributed by atoms with Crippen molar-refractivity contribution in [1.29, 1.82) is 0 Å². The number of nitrogens with zero attached hydrogens (tertiary/aromatic N) is 2. The van der Waals surface area contributed by atoms with Gasteiger partial charge in [0.05, 0.1) is 11.0 Å². The SMILES string of the molecule is c1cc(N(c2ccc(-c3ccc(-c4ccc5oc6ccccc6c5c4)cc3)cc2)c2ccc(-c3ccc(-c4cccc5ccccc45)cc3)cc2)cc(-n2c3ccccc3c3ccccc32)c1. The Bertz CT molecular complexity index is 3890. The molecule has 3 nitrogen and oxygen atoms in total. The average molecular weight is 855 g/mol. The molecular weight excluding hydrogens is 813 g/mol. The van der Waals surface area contributed by atoms with Crippen molar-refractivity contribution >= 4 is 71.6 Å². The van der Waals surface area contributed by atoms with Crippen molar-refractivity contribution in [3.05, 3.63) is 255 Å². The van der Waals surface area contributed by atoms with Gasteiger partial charge in [-0.15, -0.1) is 0 Å². The minimum atomic E-state index is 0.910. The summed E-state index contributed by atoms with van der Waals surface area (Å²) in [5.74, 6) is 0. The van der Waals surface area contributed by atoms with Gasteiger partial charge in [0.15, 0.2) is 0 Å². The van der Waals surface area contributed by atoms with Crippen LogP contribution < -0.4 is 4.90 Å². The highest BCUT2D eigenvalue weighted by molar-refractivity contribution is 6.09. The second-order valence-electron chi connectivity index (χ2n) is 17.3. The lowest BCUT2D eigenvalue weighted by Gasteiger charge is -2.26. The van der Waals surface area contributed by atoms with Crippen LogP contribution in [-0.4, -0.2) is 4.57 Å². The molecule has 0 N–H and O–H groups in total. The van der Waals surface area contributed by atoms with E-state index in [0.29, 0.717) is 0 Å². The van der Waals surface area contributed by atoms with E-state index in [0.717, 1.165) is 50.3 Å². The molecule has 0 unspecified atom stereocenters. The van der Waals surface area contributed by atoms with Crippen LogP contribution in [0.25, 0.3) is 105 Å². The third-order valence-corrected chi connectivity index (χ3v) is 13.4. The quantitative estimate of drug-likeness (QED) is 0.152. The van der Waals surface area contributed by atoms with Crippen molar-refractivity contribution in [2.24, 2.45) is 0 Å². The Kier molecular flexibility index (Phi) is 9.17. The predicted molar refractivity (Wildman–Crippen MR) is 282 cm³/mol. The lowest BCUT2D eigenvalue weighted by molar-refractivity contribution is 0.669. The zero-order valence-electron chi connectivity index (χ0n) is 36.6. The molecule has 0 spiro atoms. The van der Waals surface area contributed by atoms with Crippen LogP contribution in [0.2, 0.25) is 0 Å². The molecule has 0 saturated carbocycles. The molecule has 0 aliphatic carbocycles. The van der Waals surface area contributed by atoms with E-state index >= 15 is 0 Å². The van der Waals surface area contributed by atoms with Gasteiger partial charge in [0.2, 0.25) is 0 Å². The first-order valence-electron chi connectivity index (χ1n) is 22.9. The van der Waals surface area contributed by atoms with Crippen molar-refractivity contribution in [2.45, 2.75) is 0 Å². The Morgan fingerprint density at radius 2 is 0.746 bits per heavy atom. The van der Waals surface area contributed by atoms with Crippen molar-refractivity contribution < 1.29 is 4.42 Å². The summed E-state index contributed by atoms with van der Waals surface area (Å²) in [7, 11) is 0. The van der Waals surface area contributed by atoms with E-state index in [4.69, 9.17) is 4.42 Å². The number of aromatic nitrogens is 1. The molecule has 0 aliphatic heterocycles. The van der Waals surface area contributed by atoms with E-state index < -0.39 is 0 Å². The van der Waals surface area contributed by atoms with Crippen LogP contribution in [0.3, 0.4) is 0 Å². The molecule has 67 heavy (non-hydrogen) atoms. The minimum absolute atomic E-state index is 0.910.